The van der Waals surface area contributed by atoms with Crippen molar-refractivity contribution in [3.63, 3.8) is 0 Å². The minimum absolute atomic E-state index is 0.0706. The minimum atomic E-state index is -0.799. The summed E-state index contributed by atoms with van der Waals surface area (Å²) in [5, 5.41) is 12.7. The van der Waals surface area contributed by atoms with E-state index in [1.807, 2.05) is 10.9 Å². The zero-order valence-electron chi connectivity index (χ0n) is 22.3. The van der Waals surface area contributed by atoms with E-state index < -0.39 is 12.1 Å². The third-order valence-electron chi connectivity index (χ3n) is 7.23. The van der Waals surface area contributed by atoms with Gasteiger partial charge in [-0.05, 0) is 50.8 Å². The standard InChI is InChI=1S/C27H31N7O5/c1-16(39-17(2)35)27(37)32(3)19-7-9-20(10-8-19)33-15-18-12-21(23(38-4)13-22(18)31-33)26(36)30-25-14-28-24-6-5-11-29-34(24)25/h5-6,11-16,19-20H,7-10H2,1-4H3,(H,30,36)/t16-,19?,20?/m1/s1. The maximum absolute atomic E-state index is 13.2. The fourth-order valence-electron chi connectivity index (χ4n) is 5.18. The number of fused-ring (bicyclic) bond motifs is 2. The number of hydrogen-bond acceptors (Lipinski definition) is 8. The molecule has 3 aromatic heterocycles. The van der Waals surface area contributed by atoms with Gasteiger partial charge >= 0.3 is 5.97 Å². The van der Waals surface area contributed by atoms with Gasteiger partial charge in [0.2, 0.25) is 0 Å². The number of benzene rings is 1. The average Bonchev–Trinajstić information content (AvgIpc) is 3.55. The van der Waals surface area contributed by atoms with Gasteiger partial charge in [0.25, 0.3) is 11.8 Å². The number of likely N-dealkylation sites (N-methyl/N-ethyl adjacent to an activating group) is 1. The molecule has 2 amide bonds. The molecule has 1 N–H and O–H groups in total. The first-order chi connectivity index (χ1) is 18.7. The van der Waals surface area contributed by atoms with E-state index in [9.17, 15) is 14.4 Å². The Morgan fingerprint density at radius 3 is 2.67 bits per heavy atom. The highest BCUT2D eigenvalue weighted by Crippen LogP contribution is 2.33. The summed E-state index contributed by atoms with van der Waals surface area (Å²) in [6, 6.07) is 7.35. The number of nitrogens with one attached hydrogen (secondary N) is 1. The largest absolute Gasteiger partial charge is 0.496 e. The maximum Gasteiger partial charge on any atom is 0.303 e. The number of amides is 2. The van der Waals surface area contributed by atoms with Crippen molar-refractivity contribution in [2.75, 3.05) is 19.5 Å². The molecule has 39 heavy (non-hydrogen) atoms. The molecule has 1 fully saturated rings. The number of methoxy groups -OCH3 is 1. The molecule has 204 valence electrons. The zero-order chi connectivity index (χ0) is 27.7. The van der Waals surface area contributed by atoms with E-state index in [2.05, 4.69) is 15.4 Å². The fraction of sp³-hybridized carbons (Fsp3) is 0.407. The first-order valence-electron chi connectivity index (χ1n) is 12.9. The molecule has 1 aliphatic rings. The van der Waals surface area contributed by atoms with E-state index in [1.165, 1.54) is 14.0 Å². The van der Waals surface area contributed by atoms with Crippen molar-refractivity contribution in [3.05, 3.63) is 48.4 Å². The van der Waals surface area contributed by atoms with Crippen LogP contribution in [0.1, 0.15) is 55.9 Å². The minimum Gasteiger partial charge on any atom is -0.496 e. The molecule has 0 saturated heterocycles. The van der Waals surface area contributed by atoms with Crippen molar-refractivity contribution >= 4 is 40.2 Å². The lowest BCUT2D eigenvalue weighted by atomic mass is 9.90. The van der Waals surface area contributed by atoms with Gasteiger partial charge < -0.3 is 19.7 Å². The van der Waals surface area contributed by atoms with E-state index >= 15 is 0 Å². The van der Waals surface area contributed by atoms with Gasteiger partial charge in [0.1, 0.15) is 5.75 Å². The van der Waals surface area contributed by atoms with Crippen molar-refractivity contribution in [2.45, 2.75) is 57.7 Å². The fourth-order valence-corrected chi connectivity index (χ4v) is 5.18. The molecule has 0 radical (unpaired) electrons. The smallest absolute Gasteiger partial charge is 0.303 e. The molecule has 1 atom stereocenters. The van der Waals surface area contributed by atoms with E-state index in [4.69, 9.17) is 14.6 Å². The van der Waals surface area contributed by atoms with Crippen LogP contribution in [0.15, 0.2) is 42.9 Å². The van der Waals surface area contributed by atoms with Gasteiger partial charge in [0, 0.05) is 43.9 Å². The summed E-state index contributed by atoms with van der Waals surface area (Å²) in [7, 11) is 3.28. The van der Waals surface area contributed by atoms with Crippen LogP contribution in [-0.4, -0.2) is 73.4 Å². The molecule has 5 rings (SSSR count). The Hall–Kier alpha value is -4.48. The summed E-state index contributed by atoms with van der Waals surface area (Å²) in [5.74, 6) is -0.141. The van der Waals surface area contributed by atoms with Crippen molar-refractivity contribution in [3.8, 4) is 5.75 Å². The van der Waals surface area contributed by atoms with Crippen LogP contribution in [0.5, 0.6) is 5.75 Å². The topological polar surface area (TPSA) is 133 Å². The number of carbonyl (C=O) groups excluding carboxylic acids is 3. The third kappa shape index (κ3) is 5.27. The third-order valence-corrected chi connectivity index (χ3v) is 7.23. The van der Waals surface area contributed by atoms with Gasteiger partial charge in [-0.15, -0.1) is 0 Å². The molecule has 12 nitrogen and oxygen atoms in total. The number of anilines is 1. The second-order valence-corrected chi connectivity index (χ2v) is 9.77. The van der Waals surface area contributed by atoms with Gasteiger partial charge in [0.05, 0.1) is 30.4 Å². The normalized spacial score (nSPS) is 18.1. The number of hydrogen-bond donors (Lipinski definition) is 1. The van der Waals surface area contributed by atoms with Crippen molar-refractivity contribution in [1.29, 1.82) is 0 Å². The summed E-state index contributed by atoms with van der Waals surface area (Å²) in [6.45, 7) is 2.89. The highest BCUT2D eigenvalue weighted by atomic mass is 16.5. The highest BCUT2D eigenvalue weighted by Gasteiger charge is 2.31. The number of aromatic nitrogens is 5. The van der Waals surface area contributed by atoms with Crippen LogP contribution in [0, 0.1) is 0 Å². The second-order valence-electron chi connectivity index (χ2n) is 9.77. The van der Waals surface area contributed by atoms with Crippen LogP contribution in [0.3, 0.4) is 0 Å². The molecule has 1 aliphatic carbocycles. The van der Waals surface area contributed by atoms with Gasteiger partial charge in [-0.25, -0.2) is 4.98 Å². The highest BCUT2D eigenvalue weighted by molar-refractivity contribution is 6.08. The Balaban J connectivity index is 1.29. The van der Waals surface area contributed by atoms with Gasteiger partial charge in [-0.2, -0.15) is 14.7 Å². The molecule has 0 spiro atoms. The second kappa shape index (κ2) is 10.7. The summed E-state index contributed by atoms with van der Waals surface area (Å²) < 4.78 is 14.1. The molecular formula is C27H31N7O5. The summed E-state index contributed by atoms with van der Waals surface area (Å²) in [4.78, 5) is 43.0. The quantitative estimate of drug-likeness (QED) is 0.358. The monoisotopic (exact) mass is 533 g/mol. The lowest BCUT2D eigenvalue weighted by Crippen LogP contribution is -2.45. The lowest BCUT2D eigenvalue weighted by Gasteiger charge is -2.35. The first kappa shape index (κ1) is 26.1. The predicted octanol–water partition coefficient (Wildman–Crippen LogP) is 3.23. The van der Waals surface area contributed by atoms with Crippen LogP contribution >= 0.6 is 0 Å². The molecule has 4 aromatic rings. The molecule has 0 unspecified atom stereocenters. The van der Waals surface area contributed by atoms with Crippen LogP contribution < -0.4 is 10.1 Å². The van der Waals surface area contributed by atoms with Crippen molar-refractivity contribution in [1.82, 2.24) is 29.3 Å². The summed E-state index contributed by atoms with van der Waals surface area (Å²) in [6.07, 6.45) is 7.62. The van der Waals surface area contributed by atoms with Gasteiger partial charge in [-0.1, -0.05) is 0 Å². The SMILES string of the molecule is COc1cc2nn(C3CCC(N(C)C(=O)[C@@H](C)OC(C)=O)CC3)cc2cc1C(=O)Nc1cnc2cccnn12. The molecular weight excluding hydrogens is 502 g/mol. The van der Waals surface area contributed by atoms with Crippen molar-refractivity contribution < 1.29 is 23.9 Å². The van der Waals surface area contributed by atoms with Crippen LogP contribution in [0.4, 0.5) is 5.82 Å². The summed E-state index contributed by atoms with van der Waals surface area (Å²) in [5.41, 5.74) is 1.73. The van der Waals surface area contributed by atoms with Gasteiger partial charge in [-0.3, -0.25) is 19.1 Å². The Morgan fingerprint density at radius 1 is 1.18 bits per heavy atom. The Kier molecular flexibility index (Phi) is 7.18. The molecule has 0 bridgehead atoms. The van der Waals surface area contributed by atoms with E-state index in [0.29, 0.717) is 22.8 Å². The Morgan fingerprint density at radius 2 is 1.95 bits per heavy atom. The Labute approximate surface area is 224 Å². The maximum atomic E-state index is 13.2. The van der Waals surface area contributed by atoms with E-state index in [0.717, 1.165) is 36.6 Å². The number of nitrogens with zero attached hydrogens (tertiary/aromatic N) is 6. The molecule has 3 heterocycles. The predicted molar refractivity (Wildman–Crippen MR) is 143 cm³/mol. The number of carbonyl (C=O) groups is 3. The first-order valence-corrected chi connectivity index (χ1v) is 12.9. The molecule has 0 aliphatic heterocycles. The van der Waals surface area contributed by atoms with E-state index in [1.54, 1.807) is 60.0 Å². The lowest BCUT2D eigenvalue weighted by molar-refractivity contribution is -0.158. The van der Waals surface area contributed by atoms with Crippen LogP contribution in [0.2, 0.25) is 0 Å². The number of esters is 1. The van der Waals surface area contributed by atoms with E-state index in [-0.39, 0.29) is 23.9 Å². The number of ether oxygens (including phenoxy) is 2. The average molecular weight is 534 g/mol. The van der Waals surface area contributed by atoms with Crippen molar-refractivity contribution in [2.24, 2.45) is 0 Å². The summed E-state index contributed by atoms with van der Waals surface area (Å²) >= 11 is 0. The van der Waals surface area contributed by atoms with Crippen LogP contribution in [-0.2, 0) is 14.3 Å². The van der Waals surface area contributed by atoms with Gasteiger partial charge in [0.15, 0.2) is 17.6 Å². The molecule has 12 heteroatoms. The Bertz CT molecular complexity index is 1540. The molecule has 1 aromatic carbocycles. The number of rotatable bonds is 7. The number of imidazole rings is 1. The zero-order valence-corrected chi connectivity index (χ0v) is 22.3. The molecule has 1 saturated carbocycles. The van der Waals surface area contributed by atoms with Crippen LogP contribution in [0.25, 0.3) is 16.6 Å².